The largest absolute Gasteiger partial charge is 0.497 e. The van der Waals surface area contributed by atoms with Crippen molar-refractivity contribution in [3.05, 3.63) is 41.8 Å². The summed E-state index contributed by atoms with van der Waals surface area (Å²) in [6, 6.07) is 7.26. The van der Waals surface area contributed by atoms with E-state index in [1.807, 2.05) is 18.2 Å². The van der Waals surface area contributed by atoms with Crippen LogP contribution < -0.4 is 15.8 Å². The fraction of sp³-hybridized carbons (Fsp3) is 0.167. The Morgan fingerprint density at radius 3 is 2.94 bits per heavy atom. The molecule has 0 aliphatic rings. The minimum atomic E-state index is 0.331. The molecule has 0 fully saturated rings. The molecule has 0 amide bonds. The summed E-state index contributed by atoms with van der Waals surface area (Å²) < 4.78 is 10.2. The number of nitrogens with two attached hydrogens (primary N) is 1. The van der Waals surface area contributed by atoms with Gasteiger partial charge >= 0.3 is 0 Å². The molecule has 2 rings (SSSR count). The van der Waals surface area contributed by atoms with Crippen molar-refractivity contribution < 1.29 is 9.26 Å². The number of methoxy groups -OCH3 is 1. The summed E-state index contributed by atoms with van der Waals surface area (Å²) in [5, 5.41) is 6.83. The smallest absolute Gasteiger partial charge is 0.155 e. The molecule has 0 aliphatic carbocycles. The number of rotatable bonds is 5. The van der Waals surface area contributed by atoms with E-state index in [-0.39, 0.29) is 0 Å². The lowest BCUT2D eigenvalue weighted by Gasteiger charge is -2.11. The highest BCUT2D eigenvalue weighted by atomic mass is 32.1. The van der Waals surface area contributed by atoms with Crippen LogP contribution in [0.4, 0.5) is 5.69 Å². The van der Waals surface area contributed by atoms with Crippen LogP contribution in [0.1, 0.15) is 11.3 Å². The highest BCUT2D eigenvalue weighted by molar-refractivity contribution is 7.80. The first kappa shape index (κ1) is 12.4. The van der Waals surface area contributed by atoms with Crippen molar-refractivity contribution >= 4 is 22.9 Å². The first-order valence-electron chi connectivity index (χ1n) is 5.32. The van der Waals surface area contributed by atoms with Crippen molar-refractivity contribution in [1.29, 1.82) is 0 Å². The van der Waals surface area contributed by atoms with Gasteiger partial charge < -0.3 is 20.3 Å². The highest BCUT2D eigenvalue weighted by Gasteiger charge is 2.07. The molecular formula is C12H13N3O2S. The molecule has 0 saturated heterocycles. The lowest BCUT2D eigenvalue weighted by molar-refractivity contribution is 0.388. The second-order valence-electron chi connectivity index (χ2n) is 3.61. The molecule has 2 aromatic rings. The van der Waals surface area contributed by atoms with Crippen LogP contribution in [-0.4, -0.2) is 17.3 Å². The molecule has 0 radical (unpaired) electrons. The summed E-state index contributed by atoms with van der Waals surface area (Å²) >= 11 is 5.00. The van der Waals surface area contributed by atoms with E-state index in [0.29, 0.717) is 11.5 Å². The number of thiocarbonyl (C=S) groups is 1. The second-order valence-corrected chi connectivity index (χ2v) is 4.05. The summed E-state index contributed by atoms with van der Waals surface area (Å²) in [7, 11) is 1.61. The van der Waals surface area contributed by atoms with E-state index >= 15 is 0 Å². The minimum absolute atomic E-state index is 0.331. The first-order valence-corrected chi connectivity index (χ1v) is 5.73. The third kappa shape index (κ3) is 2.78. The monoisotopic (exact) mass is 263 g/mol. The van der Waals surface area contributed by atoms with Crippen molar-refractivity contribution in [2.45, 2.75) is 6.54 Å². The van der Waals surface area contributed by atoms with Gasteiger partial charge in [0.25, 0.3) is 0 Å². The number of hydrogen-bond donors (Lipinski definition) is 2. The maximum atomic E-state index is 5.67. The molecule has 5 nitrogen and oxygen atoms in total. The summed E-state index contributed by atoms with van der Waals surface area (Å²) in [5.41, 5.74) is 7.24. The Morgan fingerprint density at radius 2 is 2.33 bits per heavy atom. The quantitative estimate of drug-likeness (QED) is 0.803. The number of nitrogens with one attached hydrogen (secondary N) is 1. The lowest BCUT2D eigenvalue weighted by Crippen LogP contribution is -2.13. The van der Waals surface area contributed by atoms with E-state index < -0.39 is 0 Å². The van der Waals surface area contributed by atoms with Crippen LogP contribution in [0.2, 0.25) is 0 Å². The molecule has 0 spiro atoms. The van der Waals surface area contributed by atoms with E-state index in [1.165, 1.54) is 0 Å². The summed E-state index contributed by atoms with van der Waals surface area (Å²) in [5.74, 6) is 1.46. The lowest BCUT2D eigenvalue weighted by atomic mass is 10.1. The summed E-state index contributed by atoms with van der Waals surface area (Å²) in [6.45, 7) is 0.503. The molecule has 94 valence electrons. The van der Waals surface area contributed by atoms with Gasteiger partial charge in [-0.25, -0.2) is 0 Å². The maximum Gasteiger partial charge on any atom is 0.155 e. The SMILES string of the molecule is COc1ccc(C(N)=S)c(NCc2ccno2)c1. The molecule has 0 atom stereocenters. The molecule has 0 aliphatic heterocycles. The van der Waals surface area contributed by atoms with Crippen LogP contribution in [-0.2, 0) is 6.54 Å². The molecule has 0 saturated carbocycles. The van der Waals surface area contributed by atoms with E-state index in [1.54, 1.807) is 19.4 Å². The topological polar surface area (TPSA) is 73.3 Å². The Morgan fingerprint density at radius 1 is 1.50 bits per heavy atom. The maximum absolute atomic E-state index is 5.67. The van der Waals surface area contributed by atoms with Crippen LogP contribution in [0.3, 0.4) is 0 Å². The van der Waals surface area contributed by atoms with Gasteiger partial charge in [-0.15, -0.1) is 0 Å². The van der Waals surface area contributed by atoms with Crippen molar-refractivity contribution in [2.24, 2.45) is 5.73 Å². The Hall–Kier alpha value is -2.08. The van der Waals surface area contributed by atoms with E-state index in [4.69, 9.17) is 27.2 Å². The van der Waals surface area contributed by atoms with Crippen molar-refractivity contribution in [2.75, 3.05) is 12.4 Å². The van der Waals surface area contributed by atoms with E-state index in [2.05, 4.69) is 10.5 Å². The third-order valence-corrected chi connectivity index (χ3v) is 2.66. The van der Waals surface area contributed by atoms with Gasteiger partial charge in [-0.05, 0) is 12.1 Å². The minimum Gasteiger partial charge on any atom is -0.497 e. The number of ether oxygens (including phenoxy) is 1. The standard InChI is InChI=1S/C12H13N3O2S/c1-16-8-2-3-10(12(13)18)11(6-8)14-7-9-4-5-15-17-9/h2-6,14H,7H2,1H3,(H2,13,18). The molecule has 0 bridgehead atoms. The van der Waals surface area contributed by atoms with Gasteiger partial charge in [0.15, 0.2) is 5.76 Å². The second kappa shape index (κ2) is 5.50. The van der Waals surface area contributed by atoms with Gasteiger partial charge in [0.2, 0.25) is 0 Å². The number of nitrogens with zero attached hydrogens (tertiary/aromatic N) is 1. The molecule has 6 heteroatoms. The Balaban J connectivity index is 2.20. The molecule has 1 aromatic heterocycles. The van der Waals surface area contributed by atoms with E-state index in [9.17, 15) is 0 Å². The van der Waals surface area contributed by atoms with Crippen molar-refractivity contribution in [1.82, 2.24) is 5.16 Å². The molecule has 1 heterocycles. The number of hydrogen-bond acceptors (Lipinski definition) is 5. The van der Waals surface area contributed by atoms with Gasteiger partial charge in [0.05, 0.1) is 19.9 Å². The van der Waals surface area contributed by atoms with Gasteiger partial charge in [-0.1, -0.05) is 17.4 Å². The number of aromatic nitrogens is 1. The first-order chi connectivity index (χ1) is 8.70. The normalized spacial score (nSPS) is 10.1. The summed E-state index contributed by atoms with van der Waals surface area (Å²) in [6.07, 6.45) is 1.59. The van der Waals surface area contributed by atoms with Crippen LogP contribution >= 0.6 is 12.2 Å². The molecule has 0 unspecified atom stereocenters. The zero-order chi connectivity index (χ0) is 13.0. The van der Waals surface area contributed by atoms with Crippen molar-refractivity contribution in [3.63, 3.8) is 0 Å². The molecule has 1 aromatic carbocycles. The van der Waals surface area contributed by atoms with Crippen LogP contribution in [0.25, 0.3) is 0 Å². The average Bonchev–Trinajstić information content (AvgIpc) is 2.88. The van der Waals surface area contributed by atoms with Crippen molar-refractivity contribution in [3.8, 4) is 5.75 Å². The number of benzene rings is 1. The fourth-order valence-corrected chi connectivity index (χ4v) is 1.71. The Kier molecular flexibility index (Phi) is 3.78. The fourth-order valence-electron chi connectivity index (χ4n) is 1.53. The predicted molar refractivity (Wildman–Crippen MR) is 72.7 cm³/mol. The predicted octanol–water partition coefficient (Wildman–Crippen LogP) is 1.93. The van der Waals surface area contributed by atoms with Gasteiger partial charge in [0, 0.05) is 23.4 Å². The number of anilines is 1. The van der Waals surface area contributed by atoms with Crippen LogP contribution in [0.15, 0.2) is 35.0 Å². The van der Waals surface area contributed by atoms with E-state index in [0.717, 1.165) is 22.8 Å². The molecular weight excluding hydrogens is 250 g/mol. The molecule has 18 heavy (non-hydrogen) atoms. The molecule has 3 N–H and O–H groups in total. The Labute approximate surface area is 110 Å². The van der Waals surface area contributed by atoms with Crippen LogP contribution in [0.5, 0.6) is 5.75 Å². The highest BCUT2D eigenvalue weighted by Crippen LogP contribution is 2.23. The summed E-state index contributed by atoms with van der Waals surface area (Å²) in [4.78, 5) is 0.331. The average molecular weight is 263 g/mol. The van der Waals surface area contributed by atoms with Crippen LogP contribution in [0, 0.1) is 0 Å². The Bertz CT molecular complexity index is 540. The van der Waals surface area contributed by atoms with Gasteiger partial charge in [0.1, 0.15) is 10.7 Å². The third-order valence-electron chi connectivity index (χ3n) is 2.44. The zero-order valence-corrected chi connectivity index (χ0v) is 10.7. The van der Waals surface area contributed by atoms with Gasteiger partial charge in [-0.3, -0.25) is 0 Å². The zero-order valence-electron chi connectivity index (χ0n) is 9.84. The van der Waals surface area contributed by atoms with Gasteiger partial charge in [-0.2, -0.15) is 0 Å².